The van der Waals surface area contributed by atoms with E-state index >= 15 is 0 Å². The predicted molar refractivity (Wildman–Crippen MR) is 80.5 cm³/mol. The summed E-state index contributed by atoms with van der Waals surface area (Å²) in [5.41, 5.74) is 1.31. The first-order chi connectivity index (χ1) is 9.19. The highest BCUT2D eigenvalue weighted by Crippen LogP contribution is 2.28. The summed E-state index contributed by atoms with van der Waals surface area (Å²) in [4.78, 5) is 0. The van der Waals surface area contributed by atoms with Gasteiger partial charge in [0.1, 0.15) is 5.75 Å². The number of hydrogen-bond acceptors (Lipinski definition) is 2. The Labute approximate surface area is 117 Å². The average molecular weight is 261 g/mol. The molecule has 0 aromatic heterocycles. The lowest BCUT2D eigenvalue weighted by molar-refractivity contribution is 0.268. The SMILES string of the molecule is COc1cccc(C(C)NCC2CCCC(C)C2)c1. The molecule has 1 aliphatic rings. The summed E-state index contributed by atoms with van der Waals surface area (Å²) >= 11 is 0. The van der Waals surface area contributed by atoms with Crippen LogP contribution < -0.4 is 10.1 Å². The monoisotopic (exact) mass is 261 g/mol. The Kier molecular flexibility index (Phi) is 5.26. The summed E-state index contributed by atoms with van der Waals surface area (Å²) in [6, 6.07) is 8.76. The first-order valence-corrected chi connectivity index (χ1v) is 7.56. The van der Waals surface area contributed by atoms with Gasteiger partial charge in [0, 0.05) is 6.04 Å². The standard InChI is InChI=1S/C17H27NO/c1-13-6-4-7-15(10-13)12-18-14(2)16-8-5-9-17(11-16)19-3/h5,8-9,11,13-15,18H,4,6-7,10,12H2,1-3H3. The number of benzene rings is 1. The molecule has 1 saturated carbocycles. The van der Waals surface area contributed by atoms with E-state index in [2.05, 4.69) is 37.4 Å². The average Bonchev–Trinajstić information content (AvgIpc) is 2.45. The maximum Gasteiger partial charge on any atom is 0.119 e. The largest absolute Gasteiger partial charge is 0.497 e. The van der Waals surface area contributed by atoms with Crippen LogP contribution in [0.15, 0.2) is 24.3 Å². The second kappa shape index (κ2) is 6.95. The minimum Gasteiger partial charge on any atom is -0.497 e. The second-order valence-corrected chi connectivity index (χ2v) is 6.04. The van der Waals surface area contributed by atoms with E-state index in [1.165, 1.54) is 31.2 Å². The van der Waals surface area contributed by atoms with Crippen LogP contribution in [0.2, 0.25) is 0 Å². The van der Waals surface area contributed by atoms with Crippen molar-refractivity contribution in [3.8, 4) is 5.75 Å². The van der Waals surface area contributed by atoms with Crippen LogP contribution in [0.1, 0.15) is 51.1 Å². The molecule has 1 aromatic rings. The highest BCUT2D eigenvalue weighted by atomic mass is 16.5. The molecule has 1 fully saturated rings. The minimum absolute atomic E-state index is 0.396. The molecule has 0 amide bonds. The van der Waals surface area contributed by atoms with Crippen molar-refractivity contribution >= 4 is 0 Å². The molecule has 1 aromatic carbocycles. The van der Waals surface area contributed by atoms with E-state index in [1.807, 2.05) is 6.07 Å². The van der Waals surface area contributed by atoms with Gasteiger partial charge < -0.3 is 10.1 Å². The molecule has 0 saturated heterocycles. The van der Waals surface area contributed by atoms with Gasteiger partial charge in [-0.2, -0.15) is 0 Å². The first-order valence-electron chi connectivity index (χ1n) is 7.56. The molecule has 106 valence electrons. The number of hydrogen-bond donors (Lipinski definition) is 1. The fourth-order valence-electron chi connectivity index (χ4n) is 3.12. The quantitative estimate of drug-likeness (QED) is 0.859. The van der Waals surface area contributed by atoms with Crippen LogP contribution in [-0.2, 0) is 0 Å². The molecular formula is C17H27NO. The molecule has 3 atom stereocenters. The topological polar surface area (TPSA) is 21.3 Å². The summed E-state index contributed by atoms with van der Waals surface area (Å²) in [6.07, 6.45) is 5.60. The number of methoxy groups -OCH3 is 1. The van der Waals surface area contributed by atoms with Gasteiger partial charge in [0.15, 0.2) is 0 Å². The van der Waals surface area contributed by atoms with E-state index in [0.717, 1.165) is 24.1 Å². The number of nitrogens with one attached hydrogen (secondary N) is 1. The molecular weight excluding hydrogens is 234 g/mol. The summed E-state index contributed by atoms with van der Waals surface area (Å²) in [5.74, 6) is 2.71. The van der Waals surface area contributed by atoms with Crippen LogP contribution in [-0.4, -0.2) is 13.7 Å². The van der Waals surface area contributed by atoms with E-state index in [4.69, 9.17) is 4.74 Å². The van der Waals surface area contributed by atoms with Crippen LogP contribution >= 0.6 is 0 Å². The Balaban J connectivity index is 1.84. The summed E-state index contributed by atoms with van der Waals surface area (Å²) < 4.78 is 5.29. The normalized spacial score (nSPS) is 25.0. The van der Waals surface area contributed by atoms with Crippen LogP contribution in [0.4, 0.5) is 0 Å². The first kappa shape index (κ1) is 14.4. The van der Waals surface area contributed by atoms with Gasteiger partial charge in [-0.25, -0.2) is 0 Å². The summed E-state index contributed by atoms with van der Waals surface area (Å²) in [6.45, 7) is 5.77. The zero-order valence-electron chi connectivity index (χ0n) is 12.5. The molecule has 0 spiro atoms. The van der Waals surface area contributed by atoms with Crippen molar-refractivity contribution in [1.82, 2.24) is 5.32 Å². The van der Waals surface area contributed by atoms with Gasteiger partial charge >= 0.3 is 0 Å². The zero-order chi connectivity index (χ0) is 13.7. The molecule has 0 aliphatic heterocycles. The van der Waals surface area contributed by atoms with Crippen LogP contribution in [0.3, 0.4) is 0 Å². The fraction of sp³-hybridized carbons (Fsp3) is 0.647. The molecule has 1 N–H and O–H groups in total. The molecule has 0 heterocycles. The van der Waals surface area contributed by atoms with Crippen molar-refractivity contribution in [3.05, 3.63) is 29.8 Å². The smallest absolute Gasteiger partial charge is 0.119 e. The fourth-order valence-corrected chi connectivity index (χ4v) is 3.12. The Morgan fingerprint density at radius 1 is 1.37 bits per heavy atom. The third-order valence-corrected chi connectivity index (χ3v) is 4.35. The Hall–Kier alpha value is -1.02. The molecule has 0 radical (unpaired) electrons. The Bertz CT molecular complexity index is 391. The Morgan fingerprint density at radius 3 is 2.95 bits per heavy atom. The van der Waals surface area contributed by atoms with E-state index in [9.17, 15) is 0 Å². The van der Waals surface area contributed by atoms with E-state index in [-0.39, 0.29) is 0 Å². The van der Waals surface area contributed by atoms with Crippen LogP contribution in [0.5, 0.6) is 5.75 Å². The molecule has 1 aliphatic carbocycles. The van der Waals surface area contributed by atoms with Gasteiger partial charge in [-0.1, -0.05) is 31.9 Å². The molecule has 2 rings (SSSR count). The lowest BCUT2D eigenvalue weighted by Gasteiger charge is -2.28. The van der Waals surface area contributed by atoms with Gasteiger partial charge in [0.05, 0.1) is 7.11 Å². The molecule has 3 unspecified atom stereocenters. The van der Waals surface area contributed by atoms with E-state index < -0.39 is 0 Å². The van der Waals surface area contributed by atoms with Gasteiger partial charge in [-0.05, 0) is 55.8 Å². The minimum atomic E-state index is 0.396. The van der Waals surface area contributed by atoms with Gasteiger partial charge in [-0.3, -0.25) is 0 Å². The summed E-state index contributed by atoms with van der Waals surface area (Å²) in [7, 11) is 1.72. The molecule has 2 nitrogen and oxygen atoms in total. The van der Waals surface area contributed by atoms with Gasteiger partial charge in [-0.15, -0.1) is 0 Å². The highest BCUT2D eigenvalue weighted by molar-refractivity contribution is 5.30. The van der Waals surface area contributed by atoms with E-state index in [1.54, 1.807) is 7.11 Å². The maximum atomic E-state index is 5.29. The molecule has 2 heteroatoms. The van der Waals surface area contributed by atoms with Crippen molar-refractivity contribution in [1.29, 1.82) is 0 Å². The summed E-state index contributed by atoms with van der Waals surface area (Å²) in [5, 5.41) is 3.68. The number of rotatable bonds is 5. The third kappa shape index (κ3) is 4.24. The van der Waals surface area contributed by atoms with Crippen molar-refractivity contribution in [3.63, 3.8) is 0 Å². The van der Waals surface area contributed by atoms with Gasteiger partial charge in [0.25, 0.3) is 0 Å². The van der Waals surface area contributed by atoms with Crippen molar-refractivity contribution in [2.75, 3.05) is 13.7 Å². The maximum absolute atomic E-state index is 5.29. The Morgan fingerprint density at radius 2 is 2.21 bits per heavy atom. The third-order valence-electron chi connectivity index (χ3n) is 4.35. The number of ether oxygens (including phenoxy) is 1. The van der Waals surface area contributed by atoms with Crippen molar-refractivity contribution in [2.24, 2.45) is 11.8 Å². The molecule has 0 bridgehead atoms. The van der Waals surface area contributed by atoms with Gasteiger partial charge in [0.2, 0.25) is 0 Å². The lowest BCUT2D eigenvalue weighted by atomic mass is 9.82. The molecule has 19 heavy (non-hydrogen) atoms. The lowest BCUT2D eigenvalue weighted by Crippen LogP contribution is -2.28. The van der Waals surface area contributed by atoms with Crippen molar-refractivity contribution in [2.45, 2.75) is 45.6 Å². The highest BCUT2D eigenvalue weighted by Gasteiger charge is 2.19. The van der Waals surface area contributed by atoms with Crippen molar-refractivity contribution < 1.29 is 4.74 Å². The van der Waals surface area contributed by atoms with Crippen LogP contribution in [0, 0.1) is 11.8 Å². The second-order valence-electron chi connectivity index (χ2n) is 6.04. The zero-order valence-corrected chi connectivity index (χ0v) is 12.5. The predicted octanol–water partition coefficient (Wildman–Crippen LogP) is 4.17. The van der Waals surface area contributed by atoms with Crippen LogP contribution in [0.25, 0.3) is 0 Å². The van der Waals surface area contributed by atoms with E-state index in [0.29, 0.717) is 6.04 Å².